The lowest BCUT2D eigenvalue weighted by Gasteiger charge is -2.27. The molecule has 0 spiro atoms. The highest BCUT2D eigenvalue weighted by atomic mass is 19.1. The summed E-state index contributed by atoms with van der Waals surface area (Å²) in [5.74, 6) is -0.985. The van der Waals surface area contributed by atoms with Crippen LogP contribution in [0, 0.1) is 11.7 Å². The predicted molar refractivity (Wildman–Crippen MR) is 73.2 cm³/mol. The number of carboxylic acids is 1. The lowest BCUT2D eigenvalue weighted by Crippen LogP contribution is -2.30. The Morgan fingerprint density at radius 2 is 2.16 bits per heavy atom. The zero-order chi connectivity index (χ0) is 14.0. The minimum atomic E-state index is -1.07. The van der Waals surface area contributed by atoms with E-state index in [1.54, 1.807) is 0 Å². The molecule has 104 valence electrons. The Morgan fingerprint density at radius 1 is 1.47 bits per heavy atom. The molecule has 3 nitrogen and oxygen atoms in total. The highest BCUT2D eigenvalue weighted by molar-refractivity contribution is 5.94. The standard InChI is InChI=1S/C15H20FNO2/c1-10(2)8-9-17(11-6-7-11)14-12(15(18)19)4-3-5-13(14)16/h3-5,10-11H,6-9H2,1-2H3,(H,18,19). The molecule has 1 aliphatic carbocycles. The first-order valence-corrected chi connectivity index (χ1v) is 6.79. The van der Waals surface area contributed by atoms with Gasteiger partial charge in [-0.15, -0.1) is 0 Å². The molecule has 1 saturated carbocycles. The highest BCUT2D eigenvalue weighted by Crippen LogP contribution is 2.35. The number of para-hydroxylation sites is 1. The fourth-order valence-corrected chi connectivity index (χ4v) is 2.24. The topological polar surface area (TPSA) is 40.5 Å². The van der Waals surface area contributed by atoms with Gasteiger partial charge in [0.25, 0.3) is 0 Å². The van der Waals surface area contributed by atoms with E-state index in [0.717, 1.165) is 19.3 Å². The van der Waals surface area contributed by atoms with Crippen LogP contribution >= 0.6 is 0 Å². The van der Waals surface area contributed by atoms with Crippen molar-refractivity contribution < 1.29 is 14.3 Å². The lowest BCUT2D eigenvalue weighted by atomic mass is 10.1. The molecular formula is C15H20FNO2. The van der Waals surface area contributed by atoms with E-state index in [1.807, 2.05) is 4.90 Å². The first-order chi connectivity index (χ1) is 9.00. The summed E-state index contributed by atoms with van der Waals surface area (Å²) in [4.78, 5) is 13.2. The summed E-state index contributed by atoms with van der Waals surface area (Å²) < 4.78 is 14.1. The third kappa shape index (κ3) is 3.25. The van der Waals surface area contributed by atoms with Gasteiger partial charge in [0.05, 0.1) is 11.3 Å². The number of halogens is 1. The summed E-state index contributed by atoms with van der Waals surface area (Å²) >= 11 is 0. The molecule has 1 fully saturated rings. The van der Waals surface area contributed by atoms with Crippen molar-refractivity contribution in [1.82, 2.24) is 0 Å². The van der Waals surface area contributed by atoms with Crippen molar-refractivity contribution in [2.45, 2.75) is 39.2 Å². The number of benzene rings is 1. The van der Waals surface area contributed by atoms with Gasteiger partial charge in [-0.2, -0.15) is 0 Å². The molecule has 1 aromatic rings. The maximum atomic E-state index is 14.1. The SMILES string of the molecule is CC(C)CCN(c1c(F)cccc1C(=O)O)C1CC1. The van der Waals surface area contributed by atoms with Crippen LogP contribution in [0.25, 0.3) is 0 Å². The predicted octanol–water partition coefficient (Wildman–Crippen LogP) is 3.54. The molecule has 2 rings (SSSR count). The Morgan fingerprint density at radius 3 is 2.68 bits per heavy atom. The van der Waals surface area contributed by atoms with Crippen molar-refractivity contribution in [1.29, 1.82) is 0 Å². The Labute approximate surface area is 113 Å². The first kappa shape index (κ1) is 13.8. The largest absolute Gasteiger partial charge is 0.478 e. The molecule has 1 aliphatic rings. The van der Waals surface area contributed by atoms with Crippen molar-refractivity contribution in [3.8, 4) is 0 Å². The monoisotopic (exact) mass is 265 g/mol. The van der Waals surface area contributed by atoms with E-state index >= 15 is 0 Å². The van der Waals surface area contributed by atoms with E-state index in [-0.39, 0.29) is 11.3 Å². The molecule has 0 heterocycles. The summed E-state index contributed by atoms with van der Waals surface area (Å²) in [5, 5.41) is 9.23. The van der Waals surface area contributed by atoms with E-state index < -0.39 is 11.8 Å². The van der Waals surface area contributed by atoms with Crippen LogP contribution in [0.3, 0.4) is 0 Å². The van der Waals surface area contributed by atoms with Crippen molar-refractivity contribution in [2.75, 3.05) is 11.4 Å². The molecule has 0 unspecified atom stereocenters. The molecule has 0 radical (unpaired) electrons. The van der Waals surface area contributed by atoms with Crippen molar-refractivity contribution in [3.05, 3.63) is 29.6 Å². The van der Waals surface area contributed by atoms with Gasteiger partial charge in [-0.05, 0) is 37.3 Å². The summed E-state index contributed by atoms with van der Waals surface area (Å²) in [6.07, 6.45) is 2.97. The van der Waals surface area contributed by atoms with Gasteiger partial charge in [-0.1, -0.05) is 19.9 Å². The molecule has 0 saturated heterocycles. The Kier molecular flexibility index (Phi) is 4.08. The summed E-state index contributed by atoms with van der Waals surface area (Å²) in [6, 6.07) is 4.57. The molecular weight excluding hydrogens is 245 g/mol. The van der Waals surface area contributed by atoms with Crippen molar-refractivity contribution in [3.63, 3.8) is 0 Å². The number of hydrogen-bond donors (Lipinski definition) is 1. The molecule has 0 bridgehead atoms. The number of hydrogen-bond acceptors (Lipinski definition) is 2. The molecule has 0 aromatic heterocycles. The second kappa shape index (κ2) is 5.59. The average Bonchev–Trinajstić information content (AvgIpc) is 3.14. The van der Waals surface area contributed by atoms with Crippen LogP contribution in [-0.2, 0) is 0 Å². The van der Waals surface area contributed by atoms with Crippen LogP contribution in [0.15, 0.2) is 18.2 Å². The summed E-state index contributed by atoms with van der Waals surface area (Å²) in [6.45, 7) is 4.94. The number of anilines is 1. The third-order valence-electron chi connectivity index (χ3n) is 3.44. The number of carbonyl (C=O) groups is 1. The number of nitrogens with zero attached hydrogens (tertiary/aromatic N) is 1. The number of rotatable bonds is 6. The van der Waals surface area contributed by atoms with Gasteiger partial charge < -0.3 is 10.0 Å². The van der Waals surface area contributed by atoms with Crippen LogP contribution in [0.5, 0.6) is 0 Å². The highest BCUT2D eigenvalue weighted by Gasteiger charge is 2.33. The summed E-state index contributed by atoms with van der Waals surface area (Å²) in [5.41, 5.74) is 0.328. The first-order valence-electron chi connectivity index (χ1n) is 6.79. The molecule has 1 N–H and O–H groups in total. The van der Waals surface area contributed by atoms with E-state index in [0.29, 0.717) is 18.5 Å². The van der Waals surface area contributed by atoms with Crippen molar-refractivity contribution >= 4 is 11.7 Å². The van der Waals surface area contributed by atoms with Gasteiger partial charge in [0.15, 0.2) is 0 Å². The van der Waals surface area contributed by atoms with Crippen LogP contribution in [-0.4, -0.2) is 23.7 Å². The maximum Gasteiger partial charge on any atom is 0.337 e. The van der Waals surface area contributed by atoms with Gasteiger partial charge in [0, 0.05) is 12.6 Å². The minimum Gasteiger partial charge on any atom is -0.478 e. The van der Waals surface area contributed by atoms with Crippen LogP contribution in [0.4, 0.5) is 10.1 Å². The van der Waals surface area contributed by atoms with Gasteiger partial charge in [0.1, 0.15) is 5.82 Å². The second-order valence-electron chi connectivity index (χ2n) is 5.55. The molecule has 0 atom stereocenters. The zero-order valence-electron chi connectivity index (χ0n) is 11.4. The van der Waals surface area contributed by atoms with Crippen LogP contribution < -0.4 is 4.90 Å². The lowest BCUT2D eigenvalue weighted by molar-refractivity contribution is 0.0697. The zero-order valence-corrected chi connectivity index (χ0v) is 11.4. The fraction of sp³-hybridized carbons (Fsp3) is 0.533. The third-order valence-corrected chi connectivity index (χ3v) is 3.44. The van der Waals surface area contributed by atoms with Gasteiger partial charge in [-0.25, -0.2) is 9.18 Å². The number of aromatic carboxylic acids is 1. The van der Waals surface area contributed by atoms with Gasteiger partial charge >= 0.3 is 5.97 Å². The van der Waals surface area contributed by atoms with E-state index in [9.17, 15) is 14.3 Å². The molecule has 1 aromatic carbocycles. The minimum absolute atomic E-state index is 0.0654. The van der Waals surface area contributed by atoms with E-state index in [2.05, 4.69) is 13.8 Å². The average molecular weight is 265 g/mol. The maximum absolute atomic E-state index is 14.1. The second-order valence-corrected chi connectivity index (χ2v) is 5.55. The van der Waals surface area contributed by atoms with Gasteiger partial charge in [0.2, 0.25) is 0 Å². The fourth-order valence-electron chi connectivity index (χ4n) is 2.24. The molecule has 0 amide bonds. The quantitative estimate of drug-likeness (QED) is 0.855. The summed E-state index contributed by atoms with van der Waals surface area (Å²) in [7, 11) is 0. The normalized spacial score (nSPS) is 14.7. The van der Waals surface area contributed by atoms with E-state index in [1.165, 1.54) is 18.2 Å². The Hall–Kier alpha value is -1.58. The molecule has 19 heavy (non-hydrogen) atoms. The molecule has 4 heteroatoms. The van der Waals surface area contributed by atoms with Crippen LogP contribution in [0.2, 0.25) is 0 Å². The van der Waals surface area contributed by atoms with E-state index in [4.69, 9.17) is 0 Å². The van der Waals surface area contributed by atoms with Crippen LogP contribution in [0.1, 0.15) is 43.5 Å². The van der Waals surface area contributed by atoms with Gasteiger partial charge in [-0.3, -0.25) is 0 Å². The number of carboxylic acid groups (broad SMARTS) is 1. The smallest absolute Gasteiger partial charge is 0.337 e. The Balaban J connectivity index is 2.32. The molecule has 0 aliphatic heterocycles. The Bertz CT molecular complexity index is 469. The van der Waals surface area contributed by atoms with Crippen molar-refractivity contribution in [2.24, 2.45) is 5.92 Å².